The Bertz CT molecular complexity index is 1040. The van der Waals surface area contributed by atoms with Crippen molar-refractivity contribution in [2.75, 3.05) is 31.1 Å². The number of pyridine rings is 1. The van der Waals surface area contributed by atoms with Gasteiger partial charge in [-0.25, -0.2) is 0 Å². The number of nitro groups is 1. The van der Waals surface area contributed by atoms with Crippen molar-refractivity contribution in [2.24, 2.45) is 5.73 Å². The van der Waals surface area contributed by atoms with Gasteiger partial charge < -0.3 is 20.9 Å². The lowest BCUT2D eigenvalue weighted by atomic mass is 9.91. The minimum absolute atomic E-state index is 0.0422. The molecule has 0 bridgehead atoms. The van der Waals surface area contributed by atoms with Crippen molar-refractivity contribution in [1.29, 1.82) is 0 Å². The van der Waals surface area contributed by atoms with Crippen molar-refractivity contribution >= 4 is 23.2 Å². The average molecular weight is 467 g/mol. The first kappa shape index (κ1) is 23.6. The third-order valence-corrected chi connectivity index (χ3v) is 6.59. The summed E-state index contributed by atoms with van der Waals surface area (Å²) in [5.41, 5.74) is 7.13. The van der Waals surface area contributed by atoms with E-state index < -0.39 is 4.92 Å². The summed E-state index contributed by atoms with van der Waals surface area (Å²) in [7, 11) is 0. The number of aromatic nitrogens is 1. The Morgan fingerprint density at radius 1 is 1.00 bits per heavy atom. The number of rotatable bonds is 5. The van der Waals surface area contributed by atoms with Crippen LogP contribution in [0.15, 0.2) is 42.7 Å². The molecule has 1 saturated heterocycles. The minimum Gasteiger partial charge on any atom is -0.364 e. The highest BCUT2D eigenvalue weighted by Crippen LogP contribution is 2.30. The topological polar surface area (TPSA) is 135 Å². The molecule has 1 aromatic heterocycles. The third-order valence-electron chi connectivity index (χ3n) is 6.59. The van der Waals surface area contributed by atoms with E-state index in [1.165, 1.54) is 6.07 Å². The molecule has 10 heteroatoms. The molecular formula is C24H30N6O4. The van der Waals surface area contributed by atoms with Crippen molar-refractivity contribution in [2.45, 2.75) is 44.2 Å². The highest BCUT2D eigenvalue weighted by Gasteiger charge is 2.27. The molecule has 34 heavy (non-hydrogen) atoms. The van der Waals surface area contributed by atoms with E-state index in [-0.39, 0.29) is 35.1 Å². The van der Waals surface area contributed by atoms with E-state index in [2.05, 4.69) is 10.3 Å². The number of hydrogen-bond donors (Lipinski definition) is 2. The van der Waals surface area contributed by atoms with Gasteiger partial charge in [0.2, 0.25) is 0 Å². The molecule has 1 aromatic carbocycles. The molecule has 0 atom stereocenters. The van der Waals surface area contributed by atoms with Crippen molar-refractivity contribution in [3.8, 4) is 0 Å². The standard InChI is InChI=1S/C24H30N6O4/c25-19-3-5-20(6-4-19)27-23(31)18-2-7-21(22(16-18)30(33)34)28-12-1-13-29(15-14-28)24(32)17-8-10-26-11-9-17/h2,7-11,16,19-20H,1,3-6,12-15,25H2,(H,27,31). The van der Waals surface area contributed by atoms with Crippen LogP contribution in [-0.2, 0) is 0 Å². The Balaban J connectivity index is 1.45. The highest BCUT2D eigenvalue weighted by molar-refractivity contribution is 5.96. The zero-order chi connectivity index (χ0) is 24.1. The number of hydrogen-bond acceptors (Lipinski definition) is 7. The Morgan fingerprint density at radius 3 is 2.44 bits per heavy atom. The van der Waals surface area contributed by atoms with Crippen LogP contribution in [0.1, 0.15) is 52.8 Å². The van der Waals surface area contributed by atoms with Gasteiger partial charge in [0.25, 0.3) is 17.5 Å². The number of nitrogens with two attached hydrogens (primary N) is 1. The largest absolute Gasteiger partial charge is 0.364 e. The Morgan fingerprint density at radius 2 is 1.74 bits per heavy atom. The Kier molecular flexibility index (Phi) is 7.36. The molecule has 4 rings (SSSR count). The molecule has 0 radical (unpaired) electrons. The summed E-state index contributed by atoms with van der Waals surface area (Å²) in [4.78, 5) is 44.6. The zero-order valence-electron chi connectivity index (χ0n) is 19.1. The first-order valence-corrected chi connectivity index (χ1v) is 11.7. The maximum atomic E-state index is 12.8. The van der Waals surface area contributed by atoms with Crippen LogP contribution in [0.2, 0.25) is 0 Å². The molecule has 2 aromatic rings. The summed E-state index contributed by atoms with van der Waals surface area (Å²) in [6.07, 6.45) is 7.20. The minimum atomic E-state index is -0.448. The van der Waals surface area contributed by atoms with Gasteiger partial charge in [-0.2, -0.15) is 0 Å². The second-order valence-electron chi connectivity index (χ2n) is 8.91. The van der Waals surface area contributed by atoms with Crippen LogP contribution >= 0.6 is 0 Å². The van der Waals surface area contributed by atoms with Crippen LogP contribution in [0, 0.1) is 10.1 Å². The molecule has 0 unspecified atom stereocenters. The number of anilines is 1. The van der Waals surface area contributed by atoms with Crippen molar-refractivity contribution in [3.05, 3.63) is 64.0 Å². The van der Waals surface area contributed by atoms with E-state index in [9.17, 15) is 19.7 Å². The van der Waals surface area contributed by atoms with Crippen LogP contribution in [0.5, 0.6) is 0 Å². The van der Waals surface area contributed by atoms with E-state index in [1.54, 1.807) is 41.6 Å². The molecule has 3 N–H and O–H groups in total. The first-order chi connectivity index (χ1) is 16.4. The predicted molar refractivity (Wildman–Crippen MR) is 128 cm³/mol. The number of amides is 2. The predicted octanol–water partition coefficient (Wildman–Crippen LogP) is 2.34. The van der Waals surface area contributed by atoms with Crippen LogP contribution in [0.4, 0.5) is 11.4 Å². The molecule has 1 aliphatic heterocycles. The lowest BCUT2D eigenvalue weighted by molar-refractivity contribution is -0.384. The van der Waals surface area contributed by atoms with Crippen molar-refractivity contribution in [3.63, 3.8) is 0 Å². The highest BCUT2D eigenvalue weighted by atomic mass is 16.6. The van der Waals surface area contributed by atoms with Crippen LogP contribution < -0.4 is 16.0 Å². The van der Waals surface area contributed by atoms with Crippen molar-refractivity contribution in [1.82, 2.24) is 15.2 Å². The van der Waals surface area contributed by atoms with E-state index in [0.29, 0.717) is 43.9 Å². The van der Waals surface area contributed by atoms with Crippen LogP contribution in [0.25, 0.3) is 0 Å². The zero-order valence-corrected chi connectivity index (χ0v) is 19.1. The molecular weight excluding hydrogens is 436 g/mol. The average Bonchev–Trinajstić information content (AvgIpc) is 3.11. The lowest BCUT2D eigenvalue weighted by Crippen LogP contribution is -2.40. The monoisotopic (exact) mass is 466 g/mol. The molecule has 10 nitrogen and oxygen atoms in total. The normalized spacial score (nSPS) is 21.0. The molecule has 1 saturated carbocycles. The number of carbonyl (C=O) groups excluding carboxylic acids is 2. The van der Waals surface area contributed by atoms with Gasteiger partial charge in [-0.1, -0.05) is 0 Å². The fourth-order valence-electron chi connectivity index (χ4n) is 4.65. The second kappa shape index (κ2) is 10.6. The molecule has 2 heterocycles. The summed E-state index contributed by atoms with van der Waals surface area (Å²) < 4.78 is 0. The molecule has 180 valence electrons. The summed E-state index contributed by atoms with van der Waals surface area (Å²) >= 11 is 0. The summed E-state index contributed by atoms with van der Waals surface area (Å²) in [5.74, 6) is -0.380. The summed E-state index contributed by atoms with van der Waals surface area (Å²) in [5, 5.41) is 14.9. The van der Waals surface area contributed by atoms with E-state index >= 15 is 0 Å². The van der Waals surface area contributed by atoms with Gasteiger partial charge in [-0.05, 0) is 56.4 Å². The number of carbonyl (C=O) groups is 2. The molecule has 2 aliphatic rings. The first-order valence-electron chi connectivity index (χ1n) is 11.7. The molecule has 2 amide bonds. The molecule has 2 fully saturated rings. The van der Waals surface area contributed by atoms with Gasteiger partial charge in [0.05, 0.1) is 4.92 Å². The summed E-state index contributed by atoms with van der Waals surface area (Å²) in [6, 6.07) is 8.21. The second-order valence-corrected chi connectivity index (χ2v) is 8.91. The van der Waals surface area contributed by atoms with E-state index in [0.717, 1.165) is 25.7 Å². The van der Waals surface area contributed by atoms with Crippen molar-refractivity contribution < 1.29 is 14.5 Å². The SMILES string of the molecule is NC1CCC(NC(=O)c2ccc(N3CCCN(C(=O)c4ccncc4)CC3)c([N+](=O)[O-])c2)CC1. The lowest BCUT2D eigenvalue weighted by Gasteiger charge is -2.27. The van der Waals surface area contributed by atoms with E-state index in [1.807, 2.05) is 4.90 Å². The van der Waals surface area contributed by atoms with Crippen LogP contribution in [-0.4, -0.2) is 64.9 Å². The third kappa shape index (κ3) is 5.51. The maximum absolute atomic E-state index is 12.8. The number of nitro benzene ring substituents is 1. The maximum Gasteiger partial charge on any atom is 0.293 e. The number of nitrogens with zero attached hydrogens (tertiary/aromatic N) is 4. The van der Waals surface area contributed by atoms with Gasteiger partial charge in [-0.3, -0.25) is 24.7 Å². The quantitative estimate of drug-likeness (QED) is 0.510. The van der Waals surface area contributed by atoms with E-state index in [4.69, 9.17) is 5.73 Å². The van der Waals surface area contributed by atoms with Gasteiger partial charge in [-0.15, -0.1) is 0 Å². The Hall–Kier alpha value is -3.53. The smallest absolute Gasteiger partial charge is 0.293 e. The van der Waals surface area contributed by atoms with Crippen LogP contribution in [0.3, 0.4) is 0 Å². The fourth-order valence-corrected chi connectivity index (χ4v) is 4.65. The number of nitrogens with one attached hydrogen (secondary N) is 1. The number of benzene rings is 1. The van der Waals surface area contributed by atoms with Gasteiger partial charge in [0.15, 0.2) is 0 Å². The van der Waals surface area contributed by atoms with Gasteiger partial charge in [0, 0.05) is 67.8 Å². The fraction of sp³-hybridized carbons (Fsp3) is 0.458. The molecule has 1 aliphatic carbocycles. The van der Waals surface area contributed by atoms with Gasteiger partial charge >= 0.3 is 0 Å². The summed E-state index contributed by atoms with van der Waals surface area (Å²) in [6.45, 7) is 2.06. The molecule has 0 spiro atoms. The Labute approximate surface area is 198 Å². The van der Waals surface area contributed by atoms with Gasteiger partial charge in [0.1, 0.15) is 5.69 Å².